The molecule has 0 atom stereocenters. The lowest BCUT2D eigenvalue weighted by molar-refractivity contribution is -0.132. The molecule has 1 saturated heterocycles. The first kappa shape index (κ1) is 13.4. The van der Waals surface area contributed by atoms with Crippen molar-refractivity contribution in [1.82, 2.24) is 4.90 Å². The van der Waals surface area contributed by atoms with Crippen molar-refractivity contribution in [2.75, 3.05) is 32.1 Å². The van der Waals surface area contributed by atoms with Gasteiger partial charge in [0, 0.05) is 13.1 Å². The number of benzene rings is 1. The standard InChI is InChI=1S/C15H20N2O3/c1-20-13-5-3-2-4-12(13)16-14(18)8-17-9-15(19,10-17)11-6-7-11/h2-5,11,19H,6-10H2,1H3,(H,16,18). The molecule has 5 nitrogen and oxygen atoms in total. The van der Waals surface area contributed by atoms with E-state index in [0.717, 1.165) is 12.8 Å². The Bertz CT molecular complexity index is 508. The summed E-state index contributed by atoms with van der Waals surface area (Å²) < 4.78 is 5.20. The van der Waals surface area contributed by atoms with Crippen molar-refractivity contribution in [3.63, 3.8) is 0 Å². The van der Waals surface area contributed by atoms with Gasteiger partial charge in [0.2, 0.25) is 5.91 Å². The normalized spacial score (nSPS) is 21.1. The summed E-state index contributed by atoms with van der Waals surface area (Å²) >= 11 is 0. The number of aliphatic hydroxyl groups is 1. The number of amides is 1. The Morgan fingerprint density at radius 2 is 2.15 bits per heavy atom. The molecule has 0 radical (unpaired) electrons. The Labute approximate surface area is 118 Å². The molecule has 1 aliphatic heterocycles. The molecule has 0 bridgehead atoms. The number of ether oxygens (including phenoxy) is 1. The predicted octanol–water partition coefficient (Wildman–Crippen LogP) is 1.09. The van der Waals surface area contributed by atoms with E-state index in [1.54, 1.807) is 7.11 Å². The Balaban J connectivity index is 1.51. The molecule has 1 saturated carbocycles. The van der Waals surface area contributed by atoms with Gasteiger partial charge >= 0.3 is 0 Å². The highest BCUT2D eigenvalue weighted by molar-refractivity contribution is 5.93. The quantitative estimate of drug-likeness (QED) is 0.845. The van der Waals surface area contributed by atoms with E-state index in [1.165, 1.54) is 0 Å². The summed E-state index contributed by atoms with van der Waals surface area (Å²) in [4.78, 5) is 14.0. The molecule has 1 aromatic rings. The second-order valence-electron chi connectivity index (χ2n) is 5.77. The maximum Gasteiger partial charge on any atom is 0.238 e. The maximum absolute atomic E-state index is 12.0. The number of β-amino-alcohol motifs (C(OH)–C–C–N with tert-alkyl or cyclic N) is 1. The number of carbonyl (C=O) groups is 1. The Hall–Kier alpha value is -1.59. The van der Waals surface area contributed by atoms with Gasteiger partial charge < -0.3 is 15.2 Å². The molecule has 1 aliphatic carbocycles. The third kappa shape index (κ3) is 2.64. The van der Waals surface area contributed by atoms with Gasteiger partial charge in [-0.15, -0.1) is 0 Å². The number of nitrogens with zero attached hydrogens (tertiary/aromatic N) is 1. The molecular weight excluding hydrogens is 256 g/mol. The van der Waals surface area contributed by atoms with E-state index >= 15 is 0 Å². The minimum Gasteiger partial charge on any atom is -0.495 e. The molecule has 0 unspecified atom stereocenters. The number of likely N-dealkylation sites (tertiary alicyclic amines) is 1. The lowest BCUT2D eigenvalue weighted by atomic mass is 9.89. The number of rotatable bonds is 5. The Morgan fingerprint density at radius 3 is 2.80 bits per heavy atom. The second-order valence-corrected chi connectivity index (χ2v) is 5.77. The van der Waals surface area contributed by atoms with Gasteiger partial charge in [-0.2, -0.15) is 0 Å². The second kappa shape index (κ2) is 5.07. The number of carbonyl (C=O) groups excluding carboxylic acids is 1. The molecule has 0 aromatic heterocycles. The molecule has 2 N–H and O–H groups in total. The SMILES string of the molecule is COc1ccccc1NC(=O)CN1CC(O)(C2CC2)C1. The lowest BCUT2D eigenvalue weighted by Gasteiger charge is -2.46. The van der Waals surface area contributed by atoms with Gasteiger partial charge in [0.05, 0.1) is 24.9 Å². The Morgan fingerprint density at radius 1 is 1.45 bits per heavy atom. The van der Waals surface area contributed by atoms with Crippen LogP contribution in [0.1, 0.15) is 12.8 Å². The zero-order valence-corrected chi connectivity index (χ0v) is 11.6. The fourth-order valence-electron chi connectivity index (χ4n) is 2.86. The van der Waals surface area contributed by atoms with E-state index in [-0.39, 0.29) is 5.91 Å². The van der Waals surface area contributed by atoms with E-state index in [4.69, 9.17) is 4.74 Å². The monoisotopic (exact) mass is 276 g/mol. The van der Waals surface area contributed by atoms with Crippen LogP contribution in [-0.2, 0) is 4.79 Å². The molecule has 0 spiro atoms. The van der Waals surface area contributed by atoms with Crippen LogP contribution in [0.25, 0.3) is 0 Å². The first-order chi connectivity index (χ1) is 9.60. The van der Waals surface area contributed by atoms with Crippen molar-refractivity contribution < 1.29 is 14.6 Å². The third-order valence-electron chi connectivity index (χ3n) is 4.08. The number of hydrogen-bond acceptors (Lipinski definition) is 4. The van der Waals surface area contributed by atoms with Crippen molar-refractivity contribution in [2.24, 2.45) is 5.92 Å². The minimum atomic E-state index is -0.537. The largest absolute Gasteiger partial charge is 0.495 e. The first-order valence-corrected chi connectivity index (χ1v) is 6.98. The highest BCUT2D eigenvalue weighted by atomic mass is 16.5. The molecule has 20 heavy (non-hydrogen) atoms. The first-order valence-electron chi connectivity index (χ1n) is 6.98. The van der Waals surface area contributed by atoms with Gasteiger partial charge in [0.1, 0.15) is 5.75 Å². The van der Waals surface area contributed by atoms with Crippen LogP contribution in [0.3, 0.4) is 0 Å². The molecule has 3 rings (SSSR count). The van der Waals surface area contributed by atoms with Crippen molar-refractivity contribution >= 4 is 11.6 Å². The van der Waals surface area contributed by atoms with Crippen molar-refractivity contribution in [3.05, 3.63) is 24.3 Å². The average Bonchev–Trinajstić information content (AvgIpc) is 3.21. The van der Waals surface area contributed by atoms with Crippen molar-refractivity contribution in [2.45, 2.75) is 18.4 Å². The molecule has 2 fully saturated rings. The molecule has 1 heterocycles. The van der Waals surface area contributed by atoms with Crippen LogP contribution in [0.4, 0.5) is 5.69 Å². The Kier molecular flexibility index (Phi) is 3.40. The van der Waals surface area contributed by atoms with Crippen LogP contribution in [-0.4, -0.2) is 48.3 Å². The number of anilines is 1. The molecule has 1 aromatic carbocycles. The van der Waals surface area contributed by atoms with Gasteiger partial charge in [0.15, 0.2) is 0 Å². The zero-order chi connectivity index (χ0) is 14.2. The van der Waals surface area contributed by atoms with Gasteiger partial charge in [0.25, 0.3) is 0 Å². The topological polar surface area (TPSA) is 61.8 Å². The summed E-state index contributed by atoms with van der Waals surface area (Å²) in [5, 5.41) is 13.1. The summed E-state index contributed by atoms with van der Waals surface area (Å²) in [7, 11) is 1.58. The zero-order valence-electron chi connectivity index (χ0n) is 11.6. The van der Waals surface area contributed by atoms with Crippen LogP contribution >= 0.6 is 0 Å². The molecule has 108 valence electrons. The maximum atomic E-state index is 12.0. The van der Waals surface area contributed by atoms with Crippen LogP contribution in [0, 0.1) is 5.92 Å². The third-order valence-corrected chi connectivity index (χ3v) is 4.08. The molecule has 2 aliphatic rings. The van der Waals surface area contributed by atoms with E-state index in [0.29, 0.717) is 37.0 Å². The number of para-hydroxylation sites is 2. The number of nitrogens with one attached hydrogen (secondary N) is 1. The average molecular weight is 276 g/mol. The smallest absolute Gasteiger partial charge is 0.238 e. The van der Waals surface area contributed by atoms with Crippen molar-refractivity contribution in [3.8, 4) is 5.75 Å². The highest BCUT2D eigenvalue weighted by Gasteiger charge is 2.51. The molecule has 1 amide bonds. The van der Waals surface area contributed by atoms with E-state index in [9.17, 15) is 9.90 Å². The van der Waals surface area contributed by atoms with Crippen molar-refractivity contribution in [1.29, 1.82) is 0 Å². The number of hydrogen-bond donors (Lipinski definition) is 2. The minimum absolute atomic E-state index is 0.0765. The summed E-state index contributed by atoms with van der Waals surface area (Å²) in [6.45, 7) is 1.53. The summed E-state index contributed by atoms with van der Waals surface area (Å²) in [5.74, 6) is 1.03. The number of methoxy groups -OCH3 is 1. The summed E-state index contributed by atoms with van der Waals surface area (Å²) in [5.41, 5.74) is 0.142. The van der Waals surface area contributed by atoms with E-state index in [1.807, 2.05) is 29.2 Å². The lowest BCUT2D eigenvalue weighted by Crippen LogP contribution is -2.64. The fourth-order valence-corrected chi connectivity index (χ4v) is 2.86. The van der Waals surface area contributed by atoms with Crippen LogP contribution < -0.4 is 10.1 Å². The summed E-state index contributed by atoms with van der Waals surface area (Å²) in [6, 6.07) is 7.34. The highest BCUT2D eigenvalue weighted by Crippen LogP contribution is 2.44. The van der Waals surface area contributed by atoms with Crippen LogP contribution in [0.5, 0.6) is 5.75 Å². The van der Waals surface area contributed by atoms with E-state index in [2.05, 4.69) is 5.32 Å². The fraction of sp³-hybridized carbons (Fsp3) is 0.533. The molecule has 5 heteroatoms. The van der Waals surface area contributed by atoms with Crippen LogP contribution in [0.2, 0.25) is 0 Å². The molecular formula is C15H20N2O3. The van der Waals surface area contributed by atoms with Gasteiger partial charge in [-0.25, -0.2) is 0 Å². The summed E-state index contributed by atoms with van der Waals surface area (Å²) in [6.07, 6.45) is 2.25. The van der Waals surface area contributed by atoms with Gasteiger partial charge in [-0.05, 0) is 30.9 Å². The van der Waals surface area contributed by atoms with Crippen LogP contribution in [0.15, 0.2) is 24.3 Å². The predicted molar refractivity (Wildman–Crippen MR) is 75.7 cm³/mol. The van der Waals surface area contributed by atoms with E-state index < -0.39 is 5.60 Å². The van der Waals surface area contributed by atoms with Gasteiger partial charge in [-0.1, -0.05) is 12.1 Å². The van der Waals surface area contributed by atoms with Gasteiger partial charge in [-0.3, -0.25) is 9.69 Å².